The number of fused-ring (bicyclic) bond motifs is 1. The molecule has 1 aliphatic carbocycles. The number of aryl methyl sites for hydroxylation is 1. The van der Waals surface area contributed by atoms with Crippen molar-refractivity contribution in [3.63, 3.8) is 0 Å². The van der Waals surface area contributed by atoms with Gasteiger partial charge in [0.1, 0.15) is 0 Å². The number of carbonyl (C=O) groups excluding carboxylic acids is 1. The van der Waals surface area contributed by atoms with Crippen LogP contribution in [-0.4, -0.2) is 54.3 Å². The van der Waals surface area contributed by atoms with E-state index >= 15 is 0 Å². The molecule has 0 radical (unpaired) electrons. The fourth-order valence-electron chi connectivity index (χ4n) is 4.75. The highest BCUT2D eigenvalue weighted by molar-refractivity contribution is 7.89. The van der Waals surface area contributed by atoms with Gasteiger partial charge in [-0.15, -0.1) is 0 Å². The summed E-state index contributed by atoms with van der Waals surface area (Å²) in [5, 5.41) is 0. The highest BCUT2D eigenvalue weighted by Gasteiger charge is 2.30. The van der Waals surface area contributed by atoms with Gasteiger partial charge < -0.3 is 4.90 Å². The summed E-state index contributed by atoms with van der Waals surface area (Å²) in [6, 6.07) is 4.94. The van der Waals surface area contributed by atoms with Gasteiger partial charge in [-0.25, -0.2) is 8.42 Å². The summed E-state index contributed by atoms with van der Waals surface area (Å²) in [7, 11) is -3.65. The molecule has 1 saturated carbocycles. The molecule has 1 aliphatic heterocycles. The van der Waals surface area contributed by atoms with E-state index in [4.69, 9.17) is 0 Å². The molecule has 2 aromatic rings. The van der Waals surface area contributed by atoms with Crippen LogP contribution in [0.25, 0.3) is 10.2 Å². The Balaban J connectivity index is 1.40. The predicted molar refractivity (Wildman–Crippen MR) is 123 cm³/mol. The Morgan fingerprint density at radius 3 is 2.52 bits per heavy atom. The highest BCUT2D eigenvalue weighted by Crippen LogP contribution is 2.29. The van der Waals surface area contributed by atoms with Crippen molar-refractivity contribution in [3.05, 3.63) is 27.9 Å². The third-order valence-electron chi connectivity index (χ3n) is 6.56. The maximum absolute atomic E-state index is 13.2. The van der Waals surface area contributed by atoms with E-state index in [0.29, 0.717) is 49.8 Å². The van der Waals surface area contributed by atoms with E-state index in [2.05, 4.69) is 0 Å². The minimum Gasteiger partial charge on any atom is -0.340 e. The number of benzene rings is 1. The molecule has 0 bridgehead atoms. The topological polar surface area (TPSA) is 79.7 Å². The lowest BCUT2D eigenvalue weighted by atomic mass is 10.0. The van der Waals surface area contributed by atoms with Crippen molar-refractivity contribution < 1.29 is 13.2 Å². The molecule has 170 valence electrons. The van der Waals surface area contributed by atoms with Crippen LogP contribution < -0.4 is 4.87 Å². The van der Waals surface area contributed by atoms with Gasteiger partial charge in [-0.3, -0.25) is 14.2 Å². The Labute approximate surface area is 187 Å². The van der Waals surface area contributed by atoms with Gasteiger partial charge in [0.2, 0.25) is 15.9 Å². The van der Waals surface area contributed by atoms with Gasteiger partial charge in [0, 0.05) is 39.1 Å². The highest BCUT2D eigenvalue weighted by atomic mass is 32.2. The number of nitrogens with zero attached hydrogens (tertiary/aromatic N) is 3. The van der Waals surface area contributed by atoms with Crippen LogP contribution in [0.5, 0.6) is 0 Å². The Morgan fingerprint density at radius 2 is 1.84 bits per heavy atom. The number of sulfonamides is 1. The third-order valence-corrected chi connectivity index (χ3v) is 9.39. The zero-order valence-electron chi connectivity index (χ0n) is 18.1. The third kappa shape index (κ3) is 4.73. The number of hydrogen-bond donors (Lipinski definition) is 0. The van der Waals surface area contributed by atoms with E-state index in [1.54, 1.807) is 27.7 Å². The molecule has 9 heteroatoms. The van der Waals surface area contributed by atoms with Crippen LogP contribution in [-0.2, 0) is 21.4 Å². The van der Waals surface area contributed by atoms with Gasteiger partial charge in [-0.05, 0) is 37.0 Å². The molecule has 31 heavy (non-hydrogen) atoms. The number of thiazole rings is 1. The maximum Gasteiger partial charge on any atom is 0.308 e. The second kappa shape index (κ2) is 9.42. The summed E-state index contributed by atoms with van der Waals surface area (Å²) in [6.45, 7) is 4.12. The number of piperazine rings is 1. The zero-order valence-corrected chi connectivity index (χ0v) is 19.7. The molecule has 1 aromatic carbocycles. The van der Waals surface area contributed by atoms with Crippen molar-refractivity contribution >= 4 is 37.5 Å². The van der Waals surface area contributed by atoms with Crippen molar-refractivity contribution in [2.45, 2.75) is 63.3 Å². The van der Waals surface area contributed by atoms with Gasteiger partial charge in [-0.1, -0.05) is 43.9 Å². The molecule has 4 rings (SSSR count). The van der Waals surface area contributed by atoms with Gasteiger partial charge in [0.05, 0.1) is 15.1 Å². The molecule has 7 nitrogen and oxygen atoms in total. The SMILES string of the molecule is CCCn1c(=O)sc2cc(S(=O)(=O)N3CCN(C(=O)CCC4CCCC4)CC3)ccc21. The fourth-order valence-corrected chi connectivity index (χ4v) is 7.23. The van der Waals surface area contributed by atoms with Crippen LogP contribution in [0, 0.1) is 5.92 Å². The molecule has 0 spiro atoms. The monoisotopic (exact) mass is 465 g/mol. The first kappa shape index (κ1) is 22.5. The van der Waals surface area contributed by atoms with E-state index in [-0.39, 0.29) is 15.7 Å². The van der Waals surface area contributed by atoms with E-state index < -0.39 is 10.0 Å². The average molecular weight is 466 g/mol. The molecular weight excluding hydrogens is 434 g/mol. The van der Waals surface area contributed by atoms with Crippen LogP contribution in [0.1, 0.15) is 51.9 Å². The molecule has 0 N–H and O–H groups in total. The second-order valence-corrected chi connectivity index (χ2v) is 11.6. The van der Waals surface area contributed by atoms with Crippen LogP contribution in [0.3, 0.4) is 0 Å². The quantitative estimate of drug-likeness (QED) is 0.629. The van der Waals surface area contributed by atoms with Gasteiger partial charge in [0.15, 0.2) is 0 Å². The lowest BCUT2D eigenvalue weighted by Crippen LogP contribution is -2.50. The number of carbonyl (C=O) groups is 1. The standard InChI is InChI=1S/C22H31N3O4S2/c1-2-11-25-19-9-8-18(16-20(19)30-22(25)27)31(28,29)24-14-12-23(13-15-24)21(26)10-7-17-5-3-4-6-17/h8-9,16-17H,2-7,10-15H2,1H3. The van der Waals surface area contributed by atoms with Crippen LogP contribution in [0.4, 0.5) is 0 Å². The molecule has 0 atom stereocenters. The Bertz CT molecular complexity index is 1090. The molecule has 2 fully saturated rings. The van der Waals surface area contributed by atoms with Crippen molar-refractivity contribution in [3.8, 4) is 0 Å². The Kier molecular flexibility index (Phi) is 6.83. The van der Waals surface area contributed by atoms with Crippen molar-refractivity contribution in [2.75, 3.05) is 26.2 Å². The lowest BCUT2D eigenvalue weighted by Gasteiger charge is -2.34. The lowest BCUT2D eigenvalue weighted by molar-refractivity contribution is -0.132. The van der Waals surface area contributed by atoms with E-state index in [1.165, 1.54) is 30.0 Å². The average Bonchev–Trinajstić information content (AvgIpc) is 3.40. The van der Waals surface area contributed by atoms with Crippen LogP contribution >= 0.6 is 11.3 Å². The predicted octanol–water partition coefficient (Wildman–Crippen LogP) is 3.28. The summed E-state index contributed by atoms with van der Waals surface area (Å²) in [5.74, 6) is 0.829. The number of amides is 1. The molecule has 1 aromatic heterocycles. The zero-order chi connectivity index (χ0) is 22.0. The van der Waals surface area contributed by atoms with Gasteiger partial charge >= 0.3 is 4.87 Å². The number of rotatable bonds is 7. The molecule has 1 amide bonds. The molecule has 1 saturated heterocycles. The van der Waals surface area contributed by atoms with Crippen molar-refractivity contribution in [1.82, 2.24) is 13.8 Å². The summed E-state index contributed by atoms with van der Waals surface area (Å²) < 4.78 is 30.2. The minimum absolute atomic E-state index is 0.0591. The first-order valence-electron chi connectivity index (χ1n) is 11.3. The Morgan fingerprint density at radius 1 is 1.13 bits per heavy atom. The summed E-state index contributed by atoms with van der Waals surface area (Å²) in [4.78, 5) is 26.7. The summed E-state index contributed by atoms with van der Waals surface area (Å²) in [5.41, 5.74) is 0.786. The van der Waals surface area contributed by atoms with Crippen molar-refractivity contribution in [1.29, 1.82) is 0 Å². The fraction of sp³-hybridized carbons (Fsp3) is 0.636. The maximum atomic E-state index is 13.2. The van der Waals surface area contributed by atoms with Gasteiger partial charge in [-0.2, -0.15) is 4.31 Å². The molecule has 2 heterocycles. The normalized spacial score (nSPS) is 18.8. The summed E-state index contributed by atoms with van der Waals surface area (Å²) >= 11 is 1.09. The van der Waals surface area contributed by atoms with E-state index in [9.17, 15) is 18.0 Å². The second-order valence-electron chi connectivity index (χ2n) is 8.62. The minimum atomic E-state index is -3.65. The molecular formula is C22H31N3O4S2. The van der Waals surface area contributed by atoms with E-state index in [0.717, 1.165) is 29.7 Å². The van der Waals surface area contributed by atoms with E-state index in [1.807, 2.05) is 6.92 Å². The first-order chi connectivity index (χ1) is 14.9. The van der Waals surface area contributed by atoms with Crippen LogP contribution in [0.15, 0.2) is 27.9 Å². The molecule has 2 aliphatic rings. The Hall–Kier alpha value is -1.71. The smallest absolute Gasteiger partial charge is 0.308 e. The van der Waals surface area contributed by atoms with Crippen LogP contribution in [0.2, 0.25) is 0 Å². The van der Waals surface area contributed by atoms with Crippen molar-refractivity contribution in [2.24, 2.45) is 5.92 Å². The van der Waals surface area contributed by atoms with Gasteiger partial charge in [0.25, 0.3) is 0 Å². The largest absolute Gasteiger partial charge is 0.340 e. The molecule has 0 unspecified atom stereocenters. The number of hydrogen-bond acceptors (Lipinski definition) is 5. The first-order valence-corrected chi connectivity index (χ1v) is 13.6. The number of aromatic nitrogens is 1. The summed E-state index contributed by atoms with van der Waals surface area (Å²) in [6.07, 6.45) is 7.40.